The van der Waals surface area contributed by atoms with E-state index in [9.17, 15) is 0 Å². The van der Waals surface area contributed by atoms with E-state index in [1.54, 1.807) is 0 Å². The van der Waals surface area contributed by atoms with Crippen LogP contribution in [0, 0.1) is 13.8 Å². The number of pyridine rings is 1. The van der Waals surface area contributed by atoms with E-state index in [0.29, 0.717) is 0 Å². The van der Waals surface area contributed by atoms with Gasteiger partial charge in [0.25, 0.3) is 0 Å². The molecule has 108 valence electrons. The molecule has 0 atom stereocenters. The Balaban J connectivity index is 1.89. The van der Waals surface area contributed by atoms with Gasteiger partial charge >= 0.3 is 0 Å². The molecule has 0 saturated carbocycles. The third-order valence-electron chi connectivity index (χ3n) is 4.43. The average molecular weight is 286 g/mol. The van der Waals surface area contributed by atoms with Crippen molar-refractivity contribution in [3.05, 3.63) is 77.0 Å². The molecule has 0 spiro atoms. The first-order chi connectivity index (χ1) is 10.7. The molecular formula is C20H18N2. The van der Waals surface area contributed by atoms with Gasteiger partial charge in [-0.2, -0.15) is 0 Å². The summed E-state index contributed by atoms with van der Waals surface area (Å²) in [5.74, 6) is 0. The minimum atomic E-state index is 0.932. The predicted octanol–water partition coefficient (Wildman–Crippen LogP) is 4.92. The first kappa shape index (κ1) is 13.1. The molecule has 2 nitrogen and oxygen atoms in total. The molecule has 2 aromatic heterocycles. The van der Waals surface area contributed by atoms with Gasteiger partial charge in [-0.15, -0.1) is 0 Å². The van der Waals surface area contributed by atoms with Gasteiger partial charge in [-0.05, 0) is 49.1 Å². The zero-order chi connectivity index (χ0) is 15.1. The van der Waals surface area contributed by atoms with Gasteiger partial charge in [-0.1, -0.05) is 42.5 Å². The third kappa shape index (κ3) is 2.08. The molecule has 0 aliphatic carbocycles. The number of H-pyrrole nitrogens is 1. The van der Waals surface area contributed by atoms with Gasteiger partial charge < -0.3 is 4.98 Å². The van der Waals surface area contributed by atoms with Crippen LogP contribution in [0.1, 0.15) is 22.4 Å². The minimum absolute atomic E-state index is 0.932. The van der Waals surface area contributed by atoms with E-state index in [1.165, 1.54) is 27.5 Å². The molecule has 0 fully saturated rings. The molecule has 0 aliphatic heterocycles. The minimum Gasteiger partial charge on any atom is -0.339 e. The highest BCUT2D eigenvalue weighted by Crippen LogP contribution is 2.27. The largest absolute Gasteiger partial charge is 0.339 e. The maximum atomic E-state index is 4.78. The number of benzene rings is 2. The Bertz CT molecular complexity index is 980. The van der Waals surface area contributed by atoms with Crippen LogP contribution in [-0.2, 0) is 6.42 Å². The Morgan fingerprint density at radius 1 is 0.864 bits per heavy atom. The average Bonchev–Trinajstić information content (AvgIpc) is 2.87. The Morgan fingerprint density at radius 3 is 2.50 bits per heavy atom. The van der Waals surface area contributed by atoms with Crippen molar-refractivity contribution in [3.63, 3.8) is 0 Å². The van der Waals surface area contributed by atoms with Crippen LogP contribution < -0.4 is 0 Å². The summed E-state index contributed by atoms with van der Waals surface area (Å²) in [6.45, 7) is 4.26. The Kier molecular flexibility index (Phi) is 2.97. The standard InChI is InChI=1S/C20H18N2/c1-13-7-3-4-8-15(13)11-16-12-18-17-9-5-6-10-19(17)22-20(18)21-14(16)2/h3-10,12H,11H2,1-2H3,(H,21,22). The van der Waals surface area contributed by atoms with Crippen LogP contribution in [-0.4, -0.2) is 9.97 Å². The van der Waals surface area contributed by atoms with E-state index in [4.69, 9.17) is 4.98 Å². The van der Waals surface area contributed by atoms with Crippen molar-refractivity contribution in [1.82, 2.24) is 9.97 Å². The SMILES string of the molecule is Cc1ccccc1Cc1cc2c(nc1C)[nH]c1ccccc12. The van der Waals surface area contributed by atoms with Crippen molar-refractivity contribution >= 4 is 21.9 Å². The highest BCUT2D eigenvalue weighted by Gasteiger charge is 2.10. The highest BCUT2D eigenvalue weighted by molar-refractivity contribution is 6.06. The van der Waals surface area contributed by atoms with E-state index in [2.05, 4.69) is 73.4 Å². The zero-order valence-corrected chi connectivity index (χ0v) is 12.9. The summed E-state index contributed by atoms with van der Waals surface area (Å²) >= 11 is 0. The summed E-state index contributed by atoms with van der Waals surface area (Å²) in [6, 6.07) is 19.3. The van der Waals surface area contributed by atoms with Gasteiger partial charge in [-0.25, -0.2) is 4.98 Å². The van der Waals surface area contributed by atoms with Crippen LogP contribution in [0.2, 0.25) is 0 Å². The number of para-hydroxylation sites is 1. The normalized spacial score (nSPS) is 11.4. The van der Waals surface area contributed by atoms with Gasteiger partial charge in [0.2, 0.25) is 0 Å². The number of nitrogens with zero attached hydrogens (tertiary/aromatic N) is 1. The maximum absolute atomic E-state index is 4.78. The van der Waals surface area contributed by atoms with Gasteiger partial charge in [0.1, 0.15) is 5.65 Å². The fourth-order valence-corrected chi connectivity index (χ4v) is 3.09. The second-order valence-electron chi connectivity index (χ2n) is 5.90. The van der Waals surface area contributed by atoms with Gasteiger partial charge in [-0.3, -0.25) is 0 Å². The van der Waals surface area contributed by atoms with Crippen molar-refractivity contribution in [2.45, 2.75) is 20.3 Å². The zero-order valence-electron chi connectivity index (χ0n) is 12.9. The summed E-state index contributed by atoms with van der Waals surface area (Å²) < 4.78 is 0. The van der Waals surface area contributed by atoms with Gasteiger partial charge in [0.15, 0.2) is 0 Å². The van der Waals surface area contributed by atoms with E-state index in [0.717, 1.165) is 23.3 Å². The maximum Gasteiger partial charge on any atom is 0.138 e. The number of hydrogen-bond donors (Lipinski definition) is 1. The van der Waals surface area contributed by atoms with E-state index in [-0.39, 0.29) is 0 Å². The number of aromatic amines is 1. The van der Waals surface area contributed by atoms with Crippen LogP contribution in [0.25, 0.3) is 21.9 Å². The van der Waals surface area contributed by atoms with E-state index >= 15 is 0 Å². The van der Waals surface area contributed by atoms with Gasteiger partial charge in [0.05, 0.1) is 0 Å². The van der Waals surface area contributed by atoms with Crippen molar-refractivity contribution in [3.8, 4) is 0 Å². The first-order valence-corrected chi connectivity index (χ1v) is 7.64. The van der Waals surface area contributed by atoms with Gasteiger partial charge in [0, 0.05) is 22.0 Å². The molecule has 0 saturated heterocycles. The summed E-state index contributed by atoms with van der Waals surface area (Å²) in [6.07, 6.45) is 0.932. The Labute approximate surface area is 129 Å². The molecule has 22 heavy (non-hydrogen) atoms. The topological polar surface area (TPSA) is 28.7 Å². The van der Waals surface area contributed by atoms with Crippen molar-refractivity contribution in [2.75, 3.05) is 0 Å². The second-order valence-corrected chi connectivity index (χ2v) is 5.90. The number of nitrogens with one attached hydrogen (secondary N) is 1. The number of aryl methyl sites for hydroxylation is 2. The summed E-state index contributed by atoms with van der Waals surface area (Å²) in [4.78, 5) is 8.19. The molecule has 2 heteroatoms. The van der Waals surface area contributed by atoms with Crippen LogP contribution in [0.15, 0.2) is 54.6 Å². The predicted molar refractivity (Wildman–Crippen MR) is 92.3 cm³/mol. The number of aromatic nitrogens is 2. The van der Waals surface area contributed by atoms with Crippen LogP contribution in [0.4, 0.5) is 0 Å². The molecule has 0 radical (unpaired) electrons. The molecule has 2 aromatic carbocycles. The molecule has 0 aliphatic rings. The Morgan fingerprint density at radius 2 is 1.64 bits per heavy atom. The van der Waals surface area contributed by atoms with E-state index < -0.39 is 0 Å². The molecule has 0 unspecified atom stereocenters. The monoisotopic (exact) mass is 286 g/mol. The van der Waals surface area contributed by atoms with Crippen molar-refractivity contribution in [2.24, 2.45) is 0 Å². The lowest BCUT2D eigenvalue weighted by Crippen LogP contribution is -1.97. The van der Waals surface area contributed by atoms with Crippen LogP contribution in [0.3, 0.4) is 0 Å². The molecule has 1 N–H and O–H groups in total. The lowest BCUT2D eigenvalue weighted by Gasteiger charge is -2.08. The summed E-state index contributed by atoms with van der Waals surface area (Å²) in [5.41, 5.74) is 7.23. The molecule has 0 amide bonds. The number of fused-ring (bicyclic) bond motifs is 3. The summed E-state index contributed by atoms with van der Waals surface area (Å²) in [7, 11) is 0. The molecular weight excluding hydrogens is 268 g/mol. The lowest BCUT2D eigenvalue weighted by molar-refractivity contribution is 1.08. The molecule has 2 heterocycles. The Hall–Kier alpha value is -2.61. The fourth-order valence-electron chi connectivity index (χ4n) is 3.09. The van der Waals surface area contributed by atoms with Crippen molar-refractivity contribution in [1.29, 1.82) is 0 Å². The highest BCUT2D eigenvalue weighted by atomic mass is 14.9. The quantitative estimate of drug-likeness (QED) is 0.556. The lowest BCUT2D eigenvalue weighted by atomic mass is 9.99. The van der Waals surface area contributed by atoms with Crippen molar-refractivity contribution < 1.29 is 0 Å². The summed E-state index contributed by atoms with van der Waals surface area (Å²) in [5, 5.41) is 2.46. The fraction of sp³-hybridized carbons (Fsp3) is 0.150. The number of rotatable bonds is 2. The first-order valence-electron chi connectivity index (χ1n) is 7.64. The van der Waals surface area contributed by atoms with Crippen LogP contribution in [0.5, 0.6) is 0 Å². The second kappa shape index (κ2) is 4.99. The number of hydrogen-bond acceptors (Lipinski definition) is 1. The van der Waals surface area contributed by atoms with Crippen LogP contribution >= 0.6 is 0 Å². The molecule has 4 aromatic rings. The molecule has 0 bridgehead atoms. The smallest absolute Gasteiger partial charge is 0.138 e. The van der Waals surface area contributed by atoms with E-state index in [1.807, 2.05) is 0 Å². The molecule has 4 rings (SSSR count). The third-order valence-corrected chi connectivity index (χ3v) is 4.43.